The zero-order chi connectivity index (χ0) is 14.6. The number of aliphatic hydroxyl groups excluding tert-OH is 2. The molecule has 0 amide bonds. The van der Waals surface area contributed by atoms with E-state index >= 15 is 0 Å². The van der Waals surface area contributed by atoms with Crippen LogP contribution in [-0.2, 0) is 0 Å². The van der Waals surface area contributed by atoms with Crippen molar-refractivity contribution in [2.75, 3.05) is 18.5 Å². The average molecular weight is 274 g/mol. The van der Waals surface area contributed by atoms with E-state index in [1.807, 2.05) is 0 Å². The van der Waals surface area contributed by atoms with Crippen molar-refractivity contribution in [1.82, 2.24) is 0 Å². The van der Waals surface area contributed by atoms with Crippen molar-refractivity contribution in [3.63, 3.8) is 0 Å². The molecule has 0 heterocycles. The molecule has 0 saturated heterocycles. The molecule has 0 spiro atoms. The van der Waals surface area contributed by atoms with E-state index in [1.54, 1.807) is 0 Å². The van der Waals surface area contributed by atoms with Gasteiger partial charge in [0.25, 0.3) is 5.69 Å². The van der Waals surface area contributed by atoms with Crippen LogP contribution in [0.3, 0.4) is 0 Å². The molecule has 1 rings (SSSR count). The zero-order valence-electron chi connectivity index (χ0n) is 9.54. The molecule has 0 fully saturated rings. The summed E-state index contributed by atoms with van der Waals surface area (Å²) >= 11 is 0. The van der Waals surface area contributed by atoms with Gasteiger partial charge in [0.15, 0.2) is 0 Å². The number of nitrogens with zero attached hydrogens (tertiary/aromatic N) is 1. The summed E-state index contributed by atoms with van der Waals surface area (Å²) in [5.74, 6) is -2.76. The maximum atomic E-state index is 13.4. The quantitative estimate of drug-likeness (QED) is 0.430. The third kappa shape index (κ3) is 3.60. The first kappa shape index (κ1) is 14.8. The first-order valence-electron chi connectivity index (χ1n) is 5.10. The molecule has 1 aromatic rings. The van der Waals surface area contributed by atoms with Crippen LogP contribution in [0.5, 0.6) is 0 Å². The summed E-state index contributed by atoms with van der Waals surface area (Å²) in [4.78, 5) is 20.5. The van der Waals surface area contributed by atoms with Crippen LogP contribution >= 0.6 is 0 Å². The predicted molar refractivity (Wildman–Crippen MR) is 61.6 cm³/mol. The third-order valence-electron chi connectivity index (χ3n) is 2.25. The number of nitro groups is 1. The summed E-state index contributed by atoms with van der Waals surface area (Å²) in [6.45, 7) is -0.820. The number of nitro benzene ring substituents is 1. The molecule has 0 aliphatic carbocycles. The van der Waals surface area contributed by atoms with E-state index in [0.717, 1.165) is 0 Å². The fourth-order valence-corrected chi connectivity index (χ4v) is 1.31. The van der Waals surface area contributed by atoms with Gasteiger partial charge in [0.2, 0.25) is 0 Å². The maximum Gasteiger partial charge on any atom is 0.338 e. The van der Waals surface area contributed by atoms with Crippen LogP contribution in [0.15, 0.2) is 12.1 Å². The Hall–Kier alpha value is -2.26. The molecular weight excluding hydrogens is 263 g/mol. The number of aliphatic hydroxyl groups is 2. The van der Waals surface area contributed by atoms with Crippen molar-refractivity contribution in [3.05, 3.63) is 33.6 Å². The lowest BCUT2D eigenvalue weighted by molar-refractivity contribution is -0.384. The maximum absolute atomic E-state index is 13.4. The largest absolute Gasteiger partial charge is 0.478 e. The number of rotatable bonds is 6. The number of benzene rings is 1. The van der Waals surface area contributed by atoms with Crippen LogP contribution < -0.4 is 5.32 Å². The minimum Gasteiger partial charge on any atom is -0.478 e. The van der Waals surface area contributed by atoms with Gasteiger partial charge in [-0.2, -0.15) is 0 Å². The van der Waals surface area contributed by atoms with E-state index in [-0.39, 0.29) is 12.2 Å². The molecule has 4 N–H and O–H groups in total. The van der Waals surface area contributed by atoms with Gasteiger partial charge in [0.1, 0.15) is 17.1 Å². The first-order valence-corrected chi connectivity index (χ1v) is 5.10. The highest BCUT2D eigenvalue weighted by Gasteiger charge is 2.22. The van der Waals surface area contributed by atoms with Crippen molar-refractivity contribution < 1.29 is 29.4 Å². The topological polar surface area (TPSA) is 133 Å². The van der Waals surface area contributed by atoms with Gasteiger partial charge in [-0.25, -0.2) is 9.18 Å². The molecule has 1 unspecified atom stereocenters. The first-order chi connectivity index (χ1) is 8.86. The van der Waals surface area contributed by atoms with Gasteiger partial charge in [-0.1, -0.05) is 0 Å². The van der Waals surface area contributed by atoms with Crippen LogP contribution in [0.1, 0.15) is 10.4 Å². The Labute approximate surface area is 106 Å². The Balaban J connectivity index is 3.12. The number of carbonyl (C=O) groups is 1. The molecule has 19 heavy (non-hydrogen) atoms. The van der Waals surface area contributed by atoms with E-state index < -0.39 is 40.7 Å². The van der Waals surface area contributed by atoms with Crippen LogP contribution in [0.25, 0.3) is 0 Å². The number of hydrogen-bond donors (Lipinski definition) is 4. The molecule has 1 aromatic carbocycles. The van der Waals surface area contributed by atoms with Gasteiger partial charge in [-0.15, -0.1) is 0 Å². The van der Waals surface area contributed by atoms with Gasteiger partial charge >= 0.3 is 5.97 Å². The van der Waals surface area contributed by atoms with E-state index in [2.05, 4.69) is 5.32 Å². The van der Waals surface area contributed by atoms with Gasteiger partial charge in [0, 0.05) is 18.7 Å². The molecule has 0 aliphatic heterocycles. The second kappa shape index (κ2) is 6.07. The molecule has 0 saturated carbocycles. The van der Waals surface area contributed by atoms with E-state index in [4.69, 9.17) is 15.3 Å². The van der Waals surface area contributed by atoms with Crippen LogP contribution in [0.2, 0.25) is 0 Å². The number of anilines is 1. The number of carboxylic acid groups (broad SMARTS) is 1. The minimum atomic E-state index is -1.62. The number of aromatic carboxylic acids is 1. The lowest BCUT2D eigenvalue weighted by atomic mass is 10.1. The summed E-state index contributed by atoms with van der Waals surface area (Å²) in [5.41, 5.74) is -1.73. The Morgan fingerprint density at radius 1 is 1.53 bits per heavy atom. The minimum absolute atomic E-state index is 0.247. The second-order valence-electron chi connectivity index (χ2n) is 3.63. The average Bonchev–Trinajstić information content (AvgIpc) is 2.34. The molecule has 0 bridgehead atoms. The van der Waals surface area contributed by atoms with Crippen LogP contribution in [-0.4, -0.2) is 45.5 Å². The fourth-order valence-electron chi connectivity index (χ4n) is 1.31. The molecule has 104 valence electrons. The lowest BCUT2D eigenvalue weighted by Gasteiger charge is -2.11. The summed E-state index contributed by atoms with van der Waals surface area (Å²) in [7, 11) is 0. The summed E-state index contributed by atoms with van der Waals surface area (Å²) in [6, 6.07) is 1.25. The number of carboxylic acids is 1. The van der Waals surface area contributed by atoms with Crippen LogP contribution in [0, 0.1) is 15.9 Å². The molecule has 0 aliphatic rings. The van der Waals surface area contributed by atoms with Crippen molar-refractivity contribution in [2.24, 2.45) is 0 Å². The number of nitrogens with one attached hydrogen (secondary N) is 1. The van der Waals surface area contributed by atoms with Gasteiger partial charge in [0.05, 0.1) is 17.6 Å². The number of halogens is 1. The molecule has 0 radical (unpaired) electrons. The molecule has 9 heteroatoms. The van der Waals surface area contributed by atoms with Gasteiger partial charge < -0.3 is 20.6 Å². The standard InChI is InChI=1S/C10H11FN2O6/c11-7-2-8(12-3-5(15)4-14)9(13(18)19)1-6(7)10(16)17/h1-2,5,12,14-15H,3-4H2,(H,16,17). The second-order valence-corrected chi connectivity index (χ2v) is 3.63. The highest BCUT2D eigenvalue weighted by atomic mass is 19.1. The van der Waals surface area contributed by atoms with Crippen molar-refractivity contribution >= 4 is 17.3 Å². The Kier molecular flexibility index (Phi) is 4.73. The number of hydrogen-bond acceptors (Lipinski definition) is 6. The van der Waals surface area contributed by atoms with E-state index in [0.29, 0.717) is 12.1 Å². The normalized spacial score (nSPS) is 11.9. The molecule has 0 aromatic heterocycles. The summed E-state index contributed by atoms with van der Waals surface area (Å²) in [6.07, 6.45) is -1.18. The Bertz CT molecular complexity index is 507. The molecular formula is C10H11FN2O6. The highest BCUT2D eigenvalue weighted by Crippen LogP contribution is 2.27. The van der Waals surface area contributed by atoms with E-state index in [1.165, 1.54) is 0 Å². The van der Waals surface area contributed by atoms with Crippen molar-refractivity contribution in [2.45, 2.75) is 6.10 Å². The Morgan fingerprint density at radius 3 is 2.63 bits per heavy atom. The van der Waals surface area contributed by atoms with Crippen molar-refractivity contribution in [3.8, 4) is 0 Å². The fraction of sp³-hybridized carbons (Fsp3) is 0.300. The lowest BCUT2D eigenvalue weighted by Crippen LogP contribution is -2.23. The third-order valence-corrected chi connectivity index (χ3v) is 2.25. The van der Waals surface area contributed by atoms with Crippen molar-refractivity contribution in [1.29, 1.82) is 0 Å². The van der Waals surface area contributed by atoms with Gasteiger partial charge in [-0.05, 0) is 0 Å². The zero-order valence-corrected chi connectivity index (χ0v) is 9.54. The SMILES string of the molecule is O=C(O)c1cc([N+](=O)[O-])c(NCC(O)CO)cc1F. The predicted octanol–water partition coefficient (Wildman–Crippen LogP) is 0.197. The summed E-state index contributed by atoms with van der Waals surface area (Å²) < 4.78 is 13.4. The summed E-state index contributed by atoms with van der Waals surface area (Å²) in [5, 5.41) is 39.5. The van der Waals surface area contributed by atoms with Crippen LogP contribution in [0.4, 0.5) is 15.8 Å². The molecule has 1 atom stereocenters. The van der Waals surface area contributed by atoms with Gasteiger partial charge in [-0.3, -0.25) is 10.1 Å². The highest BCUT2D eigenvalue weighted by molar-refractivity contribution is 5.90. The van der Waals surface area contributed by atoms with E-state index in [9.17, 15) is 19.3 Å². The monoisotopic (exact) mass is 274 g/mol. The molecule has 8 nitrogen and oxygen atoms in total. The Morgan fingerprint density at radius 2 is 2.16 bits per heavy atom. The smallest absolute Gasteiger partial charge is 0.338 e.